The topological polar surface area (TPSA) is 64.6 Å². The van der Waals surface area contributed by atoms with Crippen molar-refractivity contribution in [2.24, 2.45) is 0 Å². The summed E-state index contributed by atoms with van der Waals surface area (Å²) >= 11 is 0. The highest BCUT2D eigenvalue weighted by Crippen LogP contribution is 2.32. The van der Waals surface area contributed by atoms with Crippen LogP contribution in [0.5, 0.6) is 5.75 Å². The molecule has 16 heavy (non-hydrogen) atoms. The molecule has 0 aromatic heterocycles. The Balaban J connectivity index is 2.47. The lowest BCUT2D eigenvalue weighted by Crippen LogP contribution is -2.26. The molecule has 5 heteroatoms. The van der Waals surface area contributed by atoms with Gasteiger partial charge in [-0.3, -0.25) is 4.79 Å². The molecule has 0 fully saturated rings. The molecule has 1 aliphatic rings. The molecule has 0 saturated carbocycles. The zero-order valence-corrected chi connectivity index (χ0v) is 8.99. The standard InChI is InChI=1S/C11H11NO4/c1-6-3-7(11(14)15-2)4-8-10(6)16-5-9(13)12-8/h3-4H,5H2,1-2H3,(H,12,13). The number of esters is 1. The molecule has 5 nitrogen and oxygen atoms in total. The number of rotatable bonds is 1. The Kier molecular flexibility index (Phi) is 2.52. The van der Waals surface area contributed by atoms with Gasteiger partial charge in [-0.25, -0.2) is 4.79 Å². The first-order valence-corrected chi connectivity index (χ1v) is 4.77. The summed E-state index contributed by atoms with van der Waals surface area (Å²) in [4.78, 5) is 22.5. The monoisotopic (exact) mass is 221 g/mol. The Hall–Kier alpha value is -2.04. The fourth-order valence-electron chi connectivity index (χ4n) is 1.62. The van der Waals surface area contributed by atoms with Crippen molar-refractivity contribution in [2.75, 3.05) is 19.0 Å². The third kappa shape index (κ3) is 1.71. The van der Waals surface area contributed by atoms with Crippen molar-refractivity contribution in [3.05, 3.63) is 23.3 Å². The van der Waals surface area contributed by atoms with Crippen LogP contribution in [0.1, 0.15) is 15.9 Å². The van der Waals surface area contributed by atoms with Crippen molar-refractivity contribution in [3.8, 4) is 5.75 Å². The first-order valence-electron chi connectivity index (χ1n) is 4.77. The molecule has 0 aliphatic carbocycles. The van der Waals surface area contributed by atoms with Gasteiger partial charge in [-0.05, 0) is 24.6 Å². The van der Waals surface area contributed by atoms with Gasteiger partial charge in [0.25, 0.3) is 5.91 Å². The van der Waals surface area contributed by atoms with Crippen LogP contribution in [-0.2, 0) is 9.53 Å². The number of carbonyl (C=O) groups is 2. The quantitative estimate of drug-likeness (QED) is 0.721. The van der Waals surface area contributed by atoms with E-state index in [-0.39, 0.29) is 12.5 Å². The fraction of sp³-hybridized carbons (Fsp3) is 0.273. The van der Waals surface area contributed by atoms with Gasteiger partial charge >= 0.3 is 5.97 Å². The van der Waals surface area contributed by atoms with Crippen molar-refractivity contribution < 1.29 is 19.1 Å². The van der Waals surface area contributed by atoms with E-state index in [0.717, 1.165) is 5.56 Å². The highest BCUT2D eigenvalue weighted by atomic mass is 16.5. The second-order valence-corrected chi connectivity index (χ2v) is 3.50. The molecule has 84 valence electrons. The highest BCUT2D eigenvalue weighted by molar-refractivity contribution is 5.98. The van der Waals surface area contributed by atoms with Crippen molar-refractivity contribution in [1.29, 1.82) is 0 Å². The van der Waals surface area contributed by atoms with Gasteiger partial charge in [0.05, 0.1) is 18.4 Å². The molecule has 0 spiro atoms. The van der Waals surface area contributed by atoms with Crippen LogP contribution < -0.4 is 10.1 Å². The third-order valence-corrected chi connectivity index (χ3v) is 2.32. The van der Waals surface area contributed by atoms with E-state index < -0.39 is 5.97 Å². The van der Waals surface area contributed by atoms with Gasteiger partial charge in [-0.2, -0.15) is 0 Å². The Morgan fingerprint density at radius 3 is 2.94 bits per heavy atom. The van der Waals surface area contributed by atoms with E-state index in [1.54, 1.807) is 12.1 Å². The number of aryl methyl sites for hydroxylation is 1. The van der Waals surface area contributed by atoms with E-state index >= 15 is 0 Å². The molecular weight excluding hydrogens is 210 g/mol. The van der Waals surface area contributed by atoms with Crippen LogP contribution in [0.15, 0.2) is 12.1 Å². The zero-order chi connectivity index (χ0) is 11.7. The second kappa shape index (κ2) is 3.84. The minimum Gasteiger partial charge on any atom is -0.481 e. The normalized spacial score (nSPS) is 13.5. The molecule has 0 radical (unpaired) electrons. The van der Waals surface area contributed by atoms with E-state index in [2.05, 4.69) is 10.1 Å². The maximum absolute atomic E-state index is 11.4. The predicted molar refractivity (Wildman–Crippen MR) is 56.6 cm³/mol. The van der Waals surface area contributed by atoms with Crippen LogP contribution in [0.4, 0.5) is 5.69 Å². The maximum atomic E-state index is 11.4. The number of nitrogens with one attached hydrogen (secondary N) is 1. The number of methoxy groups -OCH3 is 1. The number of anilines is 1. The van der Waals surface area contributed by atoms with Gasteiger partial charge in [0, 0.05) is 0 Å². The van der Waals surface area contributed by atoms with Crippen molar-refractivity contribution in [1.82, 2.24) is 0 Å². The Morgan fingerprint density at radius 1 is 1.50 bits per heavy atom. The molecule has 1 amide bonds. The molecule has 1 heterocycles. The van der Waals surface area contributed by atoms with Gasteiger partial charge in [0.1, 0.15) is 5.75 Å². The molecule has 1 aliphatic heterocycles. The predicted octanol–water partition coefficient (Wildman–Crippen LogP) is 1.11. The molecule has 1 N–H and O–H groups in total. The summed E-state index contributed by atoms with van der Waals surface area (Å²) < 4.78 is 9.89. The number of ether oxygens (including phenoxy) is 2. The zero-order valence-electron chi connectivity index (χ0n) is 8.99. The number of hydrogen-bond donors (Lipinski definition) is 1. The van der Waals surface area contributed by atoms with E-state index in [0.29, 0.717) is 17.0 Å². The van der Waals surface area contributed by atoms with E-state index in [4.69, 9.17) is 4.74 Å². The van der Waals surface area contributed by atoms with Crippen molar-refractivity contribution >= 4 is 17.6 Å². The summed E-state index contributed by atoms with van der Waals surface area (Å²) in [5, 5.41) is 2.65. The first kappa shape index (κ1) is 10.5. The number of fused-ring (bicyclic) bond motifs is 1. The number of amides is 1. The minimum atomic E-state index is -0.439. The molecule has 0 atom stereocenters. The largest absolute Gasteiger partial charge is 0.481 e. The van der Waals surface area contributed by atoms with Crippen LogP contribution in [0.2, 0.25) is 0 Å². The molecule has 1 aromatic rings. The average molecular weight is 221 g/mol. The maximum Gasteiger partial charge on any atom is 0.337 e. The summed E-state index contributed by atoms with van der Waals surface area (Å²) in [7, 11) is 1.31. The third-order valence-electron chi connectivity index (χ3n) is 2.32. The van der Waals surface area contributed by atoms with E-state index in [1.165, 1.54) is 7.11 Å². The summed E-state index contributed by atoms with van der Waals surface area (Å²) in [5.74, 6) is -0.0631. The van der Waals surface area contributed by atoms with Gasteiger partial charge in [-0.1, -0.05) is 0 Å². The lowest BCUT2D eigenvalue weighted by atomic mass is 10.1. The Labute approximate surface area is 92.4 Å². The Morgan fingerprint density at radius 2 is 2.25 bits per heavy atom. The number of hydrogen-bond acceptors (Lipinski definition) is 4. The summed E-state index contributed by atoms with van der Waals surface area (Å²) in [6.45, 7) is 1.81. The summed E-state index contributed by atoms with van der Waals surface area (Å²) in [6, 6.07) is 3.22. The van der Waals surface area contributed by atoms with Crippen LogP contribution in [0, 0.1) is 6.92 Å². The van der Waals surface area contributed by atoms with Gasteiger partial charge < -0.3 is 14.8 Å². The van der Waals surface area contributed by atoms with Crippen LogP contribution in [-0.4, -0.2) is 25.6 Å². The van der Waals surface area contributed by atoms with Crippen molar-refractivity contribution in [3.63, 3.8) is 0 Å². The van der Waals surface area contributed by atoms with E-state index in [9.17, 15) is 9.59 Å². The van der Waals surface area contributed by atoms with Gasteiger partial charge in [0.15, 0.2) is 6.61 Å². The Bertz CT molecular complexity index is 467. The molecule has 1 aromatic carbocycles. The van der Waals surface area contributed by atoms with Crippen LogP contribution in [0.3, 0.4) is 0 Å². The lowest BCUT2D eigenvalue weighted by molar-refractivity contribution is -0.118. The molecule has 0 bridgehead atoms. The SMILES string of the molecule is COC(=O)c1cc(C)c2c(c1)NC(=O)CO2. The van der Waals surface area contributed by atoms with Gasteiger partial charge in [-0.15, -0.1) is 0 Å². The number of carbonyl (C=O) groups excluding carboxylic acids is 2. The highest BCUT2D eigenvalue weighted by Gasteiger charge is 2.20. The minimum absolute atomic E-state index is 0.00537. The first-order chi connectivity index (χ1) is 7.61. The molecular formula is C11H11NO4. The van der Waals surface area contributed by atoms with Crippen molar-refractivity contribution in [2.45, 2.75) is 6.92 Å². The summed E-state index contributed by atoms with van der Waals surface area (Å²) in [6.07, 6.45) is 0. The average Bonchev–Trinajstić information content (AvgIpc) is 2.27. The fourth-order valence-corrected chi connectivity index (χ4v) is 1.62. The molecule has 2 rings (SSSR count). The molecule has 0 unspecified atom stereocenters. The second-order valence-electron chi connectivity index (χ2n) is 3.50. The summed E-state index contributed by atoms with van der Waals surface area (Å²) in [5.41, 5.74) is 1.69. The van der Waals surface area contributed by atoms with E-state index in [1.807, 2.05) is 6.92 Å². The smallest absolute Gasteiger partial charge is 0.337 e. The van der Waals surface area contributed by atoms with Crippen LogP contribution >= 0.6 is 0 Å². The lowest BCUT2D eigenvalue weighted by Gasteiger charge is -2.20. The number of benzene rings is 1. The van der Waals surface area contributed by atoms with Crippen LogP contribution in [0.25, 0.3) is 0 Å². The molecule has 0 saturated heterocycles. The van der Waals surface area contributed by atoms with Gasteiger partial charge in [0.2, 0.25) is 0 Å².